The van der Waals surface area contributed by atoms with E-state index in [1.165, 1.54) is 41.3 Å². The number of aromatic nitrogens is 8. The number of benzene rings is 2. The molecule has 4 rings (SSSR count). The number of hydrogen-bond acceptors (Lipinski definition) is 8. The topological polar surface area (TPSA) is 117 Å². The van der Waals surface area contributed by atoms with Crippen molar-refractivity contribution in [2.24, 2.45) is 0 Å². The zero-order valence-corrected chi connectivity index (χ0v) is 18.6. The molecule has 174 valence electrons. The van der Waals surface area contributed by atoms with E-state index in [2.05, 4.69) is 37.6 Å². The summed E-state index contributed by atoms with van der Waals surface area (Å²) < 4.78 is 21.8. The molecule has 11 nitrogen and oxygen atoms in total. The van der Waals surface area contributed by atoms with Gasteiger partial charge in [0.2, 0.25) is 0 Å². The lowest BCUT2D eigenvalue weighted by Crippen LogP contribution is -2.31. The number of rotatable bonds is 9. The summed E-state index contributed by atoms with van der Waals surface area (Å²) in [4.78, 5) is 15.2. The Balaban J connectivity index is 1.72. The van der Waals surface area contributed by atoms with Crippen molar-refractivity contribution in [2.75, 3.05) is 20.7 Å². The van der Waals surface area contributed by atoms with Gasteiger partial charge in [-0.2, -0.15) is 4.68 Å². The second-order valence-corrected chi connectivity index (χ2v) is 7.51. The van der Waals surface area contributed by atoms with E-state index in [-0.39, 0.29) is 23.2 Å². The second-order valence-electron chi connectivity index (χ2n) is 7.51. The molecule has 2 heterocycles. The molecule has 1 atom stereocenters. The van der Waals surface area contributed by atoms with Crippen LogP contribution in [0.2, 0.25) is 0 Å². The third-order valence-electron chi connectivity index (χ3n) is 5.33. The Labute approximate surface area is 194 Å². The van der Waals surface area contributed by atoms with E-state index < -0.39 is 0 Å². The number of carbonyl (C=O) groups excluding carboxylic acids is 1. The third-order valence-corrected chi connectivity index (χ3v) is 5.33. The summed E-state index contributed by atoms with van der Waals surface area (Å²) >= 11 is 0. The smallest absolute Gasteiger partial charge is 0.257 e. The summed E-state index contributed by atoms with van der Waals surface area (Å²) in [6, 6.07) is 9.60. The Kier molecular flexibility index (Phi) is 6.67. The molecule has 0 bridgehead atoms. The van der Waals surface area contributed by atoms with Crippen molar-refractivity contribution in [2.45, 2.75) is 12.3 Å². The average Bonchev–Trinajstić information content (AvgIpc) is 3.58. The van der Waals surface area contributed by atoms with Crippen LogP contribution in [0, 0.1) is 5.82 Å². The first-order valence-corrected chi connectivity index (χ1v) is 10.3. The fraction of sp³-hybridized carbons (Fsp3) is 0.227. The predicted octanol–water partition coefficient (Wildman–Crippen LogP) is 2.22. The van der Waals surface area contributed by atoms with Crippen LogP contribution in [0.4, 0.5) is 4.39 Å². The largest absolute Gasteiger partial charge is 0.494 e. The van der Waals surface area contributed by atoms with Gasteiger partial charge in [-0.25, -0.2) is 9.07 Å². The minimum Gasteiger partial charge on any atom is -0.494 e. The predicted molar refractivity (Wildman–Crippen MR) is 119 cm³/mol. The Hall–Kier alpha value is -4.48. The number of hydrogen-bond donors (Lipinski definition) is 0. The van der Waals surface area contributed by atoms with Gasteiger partial charge in [0.05, 0.1) is 18.4 Å². The number of amides is 1. The molecule has 0 spiro atoms. The van der Waals surface area contributed by atoms with Gasteiger partial charge in [0, 0.05) is 19.5 Å². The van der Waals surface area contributed by atoms with Crippen molar-refractivity contribution in [1.82, 2.24) is 45.3 Å². The minimum absolute atomic E-state index is 0.0697. The molecule has 0 unspecified atom stereocenters. The Morgan fingerprint density at radius 3 is 2.41 bits per heavy atom. The van der Waals surface area contributed by atoms with Gasteiger partial charge in [0.15, 0.2) is 5.75 Å². The molecule has 4 aromatic rings. The number of carbonyl (C=O) groups is 1. The van der Waals surface area contributed by atoms with Crippen molar-refractivity contribution in [3.8, 4) is 17.1 Å². The Morgan fingerprint density at radius 1 is 1.15 bits per heavy atom. The summed E-state index contributed by atoms with van der Waals surface area (Å²) in [5.74, 6) is -0.384. The Bertz CT molecular complexity index is 1260. The van der Waals surface area contributed by atoms with Gasteiger partial charge in [0.1, 0.15) is 24.2 Å². The van der Waals surface area contributed by atoms with Crippen LogP contribution in [-0.2, 0) is 0 Å². The lowest BCUT2D eigenvalue weighted by Gasteiger charge is -2.25. The number of allylic oxidation sites excluding steroid dienone is 1. The zero-order chi connectivity index (χ0) is 24.1. The lowest BCUT2D eigenvalue weighted by molar-refractivity contribution is 0.0783. The van der Waals surface area contributed by atoms with Gasteiger partial charge in [0.25, 0.3) is 5.91 Å². The van der Waals surface area contributed by atoms with Crippen molar-refractivity contribution in [3.63, 3.8) is 0 Å². The van der Waals surface area contributed by atoms with Gasteiger partial charge in [-0.3, -0.25) is 4.79 Å². The number of tetrazole rings is 2. The molecule has 0 saturated heterocycles. The molecule has 0 aliphatic heterocycles. The highest BCUT2D eigenvalue weighted by Gasteiger charge is 2.25. The molecule has 0 radical (unpaired) electrons. The molecule has 0 N–H and O–H groups in total. The molecule has 1 amide bonds. The first-order chi connectivity index (χ1) is 16.5. The molecule has 12 heteroatoms. The third kappa shape index (κ3) is 4.65. The second kappa shape index (κ2) is 9.98. The zero-order valence-electron chi connectivity index (χ0n) is 18.6. The van der Waals surface area contributed by atoms with E-state index in [1.54, 1.807) is 42.3 Å². The van der Waals surface area contributed by atoms with E-state index in [4.69, 9.17) is 4.74 Å². The van der Waals surface area contributed by atoms with Gasteiger partial charge < -0.3 is 9.64 Å². The summed E-state index contributed by atoms with van der Waals surface area (Å²) in [6.45, 7) is 4.19. The summed E-state index contributed by atoms with van der Waals surface area (Å²) in [6.07, 6.45) is 5.20. The van der Waals surface area contributed by atoms with Crippen LogP contribution in [0.15, 0.2) is 61.7 Å². The molecule has 34 heavy (non-hydrogen) atoms. The van der Waals surface area contributed by atoms with E-state index in [1.807, 2.05) is 0 Å². The highest BCUT2D eigenvalue weighted by molar-refractivity contribution is 5.98. The fourth-order valence-electron chi connectivity index (χ4n) is 3.70. The van der Waals surface area contributed by atoms with Gasteiger partial charge in [-0.05, 0) is 57.1 Å². The van der Waals surface area contributed by atoms with Crippen LogP contribution >= 0.6 is 0 Å². The monoisotopic (exact) mass is 463 g/mol. The highest BCUT2D eigenvalue weighted by atomic mass is 19.1. The maximum atomic E-state index is 13.6. The van der Waals surface area contributed by atoms with Crippen LogP contribution in [0.5, 0.6) is 5.75 Å². The van der Waals surface area contributed by atoms with Crippen molar-refractivity contribution in [3.05, 3.63) is 78.7 Å². The van der Waals surface area contributed by atoms with Gasteiger partial charge in [-0.15, -0.1) is 16.8 Å². The average molecular weight is 463 g/mol. The number of likely N-dealkylation sites (N-methyl/N-ethyl adjacent to an activating group) is 1. The molecule has 0 aliphatic carbocycles. The first-order valence-electron chi connectivity index (χ1n) is 10.3. The first kappa shape index (κ1) is 22.7. The summed E-state index contributed by atoms with van der Waals surface area (Å²) in [5, 5.41) is 22.5. The summed E-state index contributed by atoms with van der Waals surface area (Å²) in [7, 11) is 3.16. The molecule has 0 fully saturated rings. The van der Waals surface area contributed by atoms with Crippen LogP contribution < -0.4 is 4.74 Å². The quantitative estimate of drug-likeness (QED) is 0.347. The van der Waals surface area contributed by atoms with Gasteiger partial charge >= 0.3 is 0 Å². The van der Waals surface area contributed by atoms with Crippen molar-refractivity contribution < 1.29 is 13.9 Å². The normalized spacial score (nSPS) is 11.7. The Morgan fingerprint density at radius 2 is 1.82 bits per heavy atom. The number of nitrogens with zero attached hydrogens (tertiary/aromatic N) is 9. The minimum atomic E-state index is -0.315. The lowest BCUT2D eigenvalue weighted by atomic mass is 9.95. The van der Waals surface area contributed by atoms with Crippen LogP contribution in [0.25, 0.3) is 11.4 Å². The van der Waals surface area contributed by atoms with Crippen LogP contribution in [0.3, 0.4) is 0 Å². The SMILES string of the molecule is C=CC[C@H](CN(C)C(=O)c1cc(-n2cnnn2)cc(-n2cnnn2)c1OC)c1ccc(F)cc1. The number of methoxy groups -OCH3 is 1. The molecular formula is C22H22FN9O2. The molecular weight excluding hydrogens is 441 g/mol. The van der Waals surface area contributed by atoms with Crippen LogP contribution in [-0.4, -0.2) is 71.9 Å². The summed E-state index contributed by atoms with van der Waals surface area (Å²) in [5.41, 5.74) is 2.15. The standard InChI is InChI=1S/C22H22FN9O2/c1-4-5-16(15-6-8-17(23)9-7-15)12-30(2)22(33)19-10-18(31-13-24-26-28-31)11-20(21(19)34-3)32-14-25-27-29-32/h4,6-11,13-14,16H,1,5,12H2,2-3H3/t16-/m1/s1. The van der Waals surface area contributed by atoms with Crippen LogP contribution in [0.1, 0.15) is 28.3 Å². The maximum absolute atomic E-state index is 13.6. The van der Waals surface area contributed by atoms with Crippen molar-refractivity contribution in [1.29, 1.82) is 0 Å². The number of halogens is 1. The molecule has 2 aromatic carbocycles. The van der Waals surface area contributed by atoms with Gasteiger partial charge in [-0.1, -0.05) is 18.2 Å². The number of ether oxygens (including phenoxy) is 1. The van der Waals surface area contributed by atoms with Crippen molar-refractivity contribution >= 4 is 5.91 Å². The van der Waals surface area contributed by atoms with E-state index in [0.29, 0.717) is 30.1 Å². The fourth-order valence-corrected chi connectivity index (χ4v) is 3.70. The maximum Gasteiger partial charge on any atom is 0.257 e. The van der Waals surface area contributed by atoms with E-state index >= 15 is 0 Å². The molecule has 0 saturated carbocycles. The molecule has 2 aromatic heterocycles. The highest BCUT2D eigenvalue weighted by Crippen LogP contribution is 2.31. The molecule has 0 aliphatic rings. The van der Waals surface area contributed by atoms with E-state index in [9.17, 15) is 9.18 Å². The van der Waals surface area contributed by atoms with E-state index in [0.717, 1.165) is 5.56 Å².